The zero-order chi connectivity index (χ0) is 10.7. The Morgan fingerprint density at radius 2 is 2.31 bits per heavy atom. The Morgan fingerprint density at radius 1 is 1.56 bits per heavy atom. The van der Waals surface area contributed by atoms with Crippen molar-refractivity contribution in [2.75, 3.05) is 20.6 Å². The molecule has 1 aromatic rings. The predicted octanol–water partition coefficient (Wildman–Crippen LogP) is 1.39. The Hall–Kier alpha value is -0.230. The maximum Gasteiger partial charge on any atom is 0.0893 e. The number of halogens is 1. The lowest BCUT2D eigenvalue weighted by Gasteiger charge is -2.24. The molecule has 1 unspecified atom stereocenters. The van der Waals surface area contributed by atoms with Crippen LogP contribution < -0.4 is 5.32 Å². The third-order valence-corrected chi connectivity index (χ3v) is 3.45. The fraction of sp³-hybridized carbons (Fsp3) is 0.800. The molecule has 0 saturated heterocycles. The Morgan fingerprint density at radius 3 is 2.81 bits per heavy atom. The summed E-state index contributed by atoms with van der Waals surface area (Å²) in [5.41, 5.74) is 1.05. The van der Waals surface area contributed by atoms with Gasteiger partial charge >= 0.3 is 0 Å². The van der Waals surface area contributed by atoms with Gasteiger partial charge in [-0.15, -0.1) is 17.5 Å². The van der Waals surface area contributed by atoms with Crippen molar-refractivity contribution in [1.29, 1.82) is 0 Å². The molecule has 0 bridgehead atoms. The molecule has 0 aliphatic heterocycles. The van der Waals surface area contributed by atoms with Gasteiger partial charge in [0, 0.05) is 24.5 Å². The van der Waals surface area contributed by atoms with Crippen LogP contribution >= 0.6 is 23.9 Å². The van der Waals surface area contributed by atoms with Gasteiger partial charge in [0.1, 0.15) is 0 Å². The third-order valence-electron chi connectivity index (χ3n) is 2.89. The second kappa shape index (κ2) is 6.49. The largest absolute Gasteiger partial charge is 0.310 e. The lowest BCUT2D eigenvalue weighted by atomic mass is 10.1. The SMILES string of the molecule is CN(C)C(CNCc1csnn1)C1CC1.Cl. The number of rotatable bonds is 6. The van der Waals surface area contributed by atoms with E-state index in [1.54, 1.807) is 0 Å². The summed E-state index contributed by atoms with van der Waals surface area (Å²) >= 11 is 1.41. The van der Waals surface area contributed by atoms with E-state index < -0.39 is 0 Å². The molecule has 0 radical (unpaired) electrons. The number of nitrogens with zero attached hydrogens (tertiary/aromatic N) is 3. The van der Waals surface area contributed by atoms with Crippen LogP contribution in [0.5, 0.6) is 0 Å². The Kier molecular flexibility index (Phi) is 5.61. The van der Waals surface area contributed by atoms with Crippen LogP contribution in [0.1, 0.15) is 18.5 Å². The molecule has 1 N–H and O–H groups in total. The summed E-state index contributed by atoms with van der Waals surface area (Å²) in [5.74, 6) is 0.904. The van der Waals surface area contributed by atoms with Crippen LogP contribution in [0.2, 0.25) is 0 Å². The lowest BCUT2D eigenvalue weighted by Crippen LogP contribution is -2.39. The van der Waals surface area contributed by atoms with Crippen molar-refractivity contribution in [1.82, 2.24) is 19.8 Å². The van der Waals surface area contributed by atoms with Gasteiger partial charge in [-0.3, -0.25) is 0 Å². The summed E-state index contributed by atoms with van der Waals surface area (Å²) in [6, 6.07) is 0.677. The van der Waals surface area contributed by atoms with Crippen LogP contribution in [0.4, 0.5) is 0 Å². The minimum absolute atomic E-state index is 0. The molecule has 16 heavy (non-hydrogen) atoms. The van der Waals surface area contributed by atoms with Gasteiger partial charge in [-0.05, 0) is 44.4 Å². The van der Waals surface area contributed by atoms with E-state index in [2.05, 4.69) is 33.9 Å². The standard InChI is InChI=1S/C10H18N4S.ClH/c1-14(2)10(8-3-4-8)6-11-5-9-7-15-13-12-9;/h7-8,10-11H,3-6H2,1-2H3;1H. The summed E-state index contributed by atoms with van der Waals surface area (Å²) in [5, 5.41) is 9.46. The van der Waals surface area contributed by atoms with Crippen LogP contribution in [0.3, 0.4) is 0 Å². The van der Waals surface area contributed by atoms with Gasteiger partial charge in [0.05, 0.1) is 5.69 Å². The second-order valence-electron chi connectivity index (χ2n) is 4.40. The summed E-state index contributed by atoms with van der Waals surface area (Å²) in [6.07, 6.45) is 2.78. The summed E-state index contributed by atoms with van der Waals surface area (Å²) < 4.78 is 3.84. The van der Waals surface area contributed by atoms with Gasteiger partial charge in [0.25, 0.3) is 0 Å². The zero-order valence-electron chi connectivity index (χ0n) is 9.72. The molecule has 0 spiro atoms. The maximum atomic E-state index is 4.01. The van der Waals surface area contributed by atoms with Crippen molar-refractivity contribution in [3.8, 4) is 0 Å². The summed E-state index contributed by atoms with van der Waals surface area (Å²) in [6.45, 7) is 1.89. The molecule has 1 aromatic heterocycles. The molecule has 2 rings (SSSR count). The van der Waals surface area contributed by atoms with Gasteiger partial charge in [0.15, 0.2) is 0 Å². The van der Waals surface area contributed by atoms with Gasteiger partial charge < -0.3 is 10.2 Å². The summed E-state index contributed by atoms with van der Waals surface area (Å²) in [4.78, 5) is 2.32. The van der Waals surface area contributed by atoms with Gasteiger partial charge in [-0.1, -0.05) is 4.49 Å². The molecule has 92 valence electrons. The minimum atomic E-state index is 0. The smallest absolute Gasteiger partial charge is 0.0893 e. The first kappa shape index (κ1) is 13.8. The molecule has 0 aromatic carbocycles. The lowest BCUT2D eigenvalue weighted by molar-refractivity contribution is 0.255. The average molecular weight is 263 g/mol. The first-order chi connectivity index (χ1) is 7.27. The first-order valence-corrected chi connectivity index (χ1v) is 6.24. The van der Waals surface area contributed by atoms with Crippen LogP contribution in [0.25, 0.3) is 0 Å². The predicted molar refractivity (Wildman–Crippen MR) is 69.1 cm³/mol. The maximum absolute atomic E-state index is 4.01. The van der Waals surface area contributed by atoms with Crippen LogP contribution in [0.15, 0.2) is 5.38 Å². The topological polar surface area (TPSA) is 41.0 Å². The molecule has 1 heterocycles. The van der Waals surface area contributed by atoms with Crippen molar-refractivity contribution in [3.63, 3.8) is 0 Å². The number of hydrogen-bond acceptors (Lipinski definition) is 5. The average Bonchev–Trinajstić information content (AvgIpc) is 2.89. The second-order valence-corrected chi connectivity index (χ2v) is 5.01. The van der Waals surface area contributed by atoms with Crippen molar-refractivity contribution in [2.45, 2.75) is 25.4 Å². The normalized spacial score (nSPS) is 17.2. The van der Waals surface area contributed by atoms with Crippen molar-refractivity contribution >= 4 is 23.9 Å². The molecule has 6 heteroatoms. The molecule has 1 saturated carbocycles. The Labute approximate surface area is 107 Å². The van der Waals surface area contributed by atoms with Crippen molar-refractivity contribution in [2.24, 2.45) is 5.92 Å². The minimum Gasteiger partial charge on any atom is -0.310 e. The van der Waals surface area contributed by atoms with Gasteiger partial charge in [-0.25, -0.2) is 0 Å². The Balaban J connectivity index is 0.00000128. The van der Waals surface area contributed by atoms with Crippen LogP contribution in [-0.2, 0) is 6.54 Å². The van der Waals surface area contributed by atoms with E-state index in [4.69, 9.17) is 0 Å². The molecular formula is C10H19ClN4S. The fourth-order valence-electron chi connectivity index (χ4n) is 1.86. The molecule has 4 nitrogen and oxygen atoms in total. The van der Waals surface area contributed by atoms with E-state index in [0.717, 1.165) is 24.7 Å². The molecule has 0 amide bonds. The van der Waals surface area contributed by atoms with E-state index in [0.29, 0.717) is 6.04 Å². The first-order valence-electron chi connectivity index (χ1n) is 5.40. The van der Waals surface area contributed by atoms with Crippen molar-refractivity contribution < 1.29 is 0 Å². The fourth-order valence-corrected chi connectivity index (χ4v) is 2.31. The summed E-state index contributed by atoms with van der Waals surface area (Å²) in [7, 11) is 4.32. The molecular weight excluding hydrogens is 244 g/mol. The van der Waals surface area contributed by atoms with E-state index in [1.807, 2.05) is 5.38 Å². The highest BCUT2D eigenvalue weighted by Gasteiger charge is 2.31. The quantitative estimate of drug-likeness (QED) is 0.841. The highest BCUT2D eigenvalue weighted by atomic mass is 35.5. The highest BCUT2D eigenvalue weighted by Crippen LogP contribution is 2.34. The number of likely N-dealkylation sites (N-methyl/N-ethyl adjacent to an activating group) is 1. The highest BCUT2D eigenvalue weighted by molar-refractivity contribution is 7.03. The van der Waals surface area contributed by atoms with Crippen LogP contribution in [0, 0.1) is 5.92 Å². The zero-order valence-corrected chi connectivity index (χ0v) is 11.4. The molecule has 1 aliphatic carbocycles. The number of nitrogens with one attached hydrogen (secondary N) is 1. The van der Waals surface area contributed by atoms with E-state index in [9.17, 15) is 0 Å². The van der Waals surface area contributed by atoms with E-state index in [-0.39, 0.29) is 12.4 Å². The molecule has 1 aliphatic rings. The number of hydrogen-bond donors (Lipinski definition) is 1. The number of aromatic nitrogens is 2. The third kappa shape index (κ3) is 3.97. The van der Waals surface area contributed by atoms with Gasteiger partial charge in [0.2, 0.25) is 0 Å². The monoisotopic (exact) mass is 262 g/mol. The van der Waals surface area contributed by atoms with Crippen LogP contribution in [-0.4, -0.2) is 41.2 Å². The molecule has 1 fully saturated rings. The van der Waals surface area contributed by atoms with Gasteiger partial charge in [-0.2, -0.15) is 0 Å². The molecule has 1 atom stereocenters. The Bertz CT molecular complexity index is 285. The van der Waals surface area contributed by atoms with E-state index >= 15 is 0 Å². The van der Waals surface area contributed by atoms with E-state index in [1.165, 1.54) is 24.4 Å². The van der Waals surface area contributed by atoms with Crippen molar-refractivity contribution in [3.05, 3.63) is 11.1 Å².